The van der Waals surface area contributed by atoms with Gasteiger partial charge in [-0.1, -0.05) is 52.4 Å². The molecule has 2 unspecified atom stereocenters. The molecule has 0 spiro atoms. The van der Waals surface area contributed by atoms with Crippen molar-refractivity contribution in [1.82, 2.24) is 5.32 Å². The monoisotopic (exact) mass is 257 g/mol. The molecule has 1 aliphatic heterocycles. The van der Waals surface area contributed by atoms with Crippen LogP contribution in [0.15, 0.2) is 0 Å². The summed E-state index contributed by atoms with van der Waals surface area (Å²) >= 11 is 2.22. The molecule has 0 aromatic rings. The summed E-state index contributed by atoms with van der Waals surface area (Å²) in [5.41, 5.74) is 0. The maximum absolute atomic E-state index is 3.72. The van der Waals surface area contributed by atoms with Crippen LogP contribution in [0.4, 0.5) is 0 Å². The molecule has 1 N–H and O–H groups in total. The van der Waals surface area contributed by atoms with Gasteiger partial charge in [0.15, 0.2) is 0 Å². The maximum Gasteiger partial charge on any atom is 0.0201 e. The first-order chi connectivity index (χ1) is 8.38. The van der Waals surface area contributed by atoms with Crippen molar-refractivity contribution in [1.29, 1.82) is 0 Å². The van der Waals surface area contributed by atoms with E-state index in [9.17, 15) is 0 Å². The Morgan fingerprint density at radius 2 is 1.94 bits per heavy atom. The summed E-state index contributed by atoms with van der Waals surface area (Å²) in [6.07, 6.45) is 12.8. The van der Waals surface area contributed by atoms with Crippen molar-refractivity contribution in [2.45, 2.75) is 82.9 Å². The second-order valence-electron chi connectivity index (χ2n) is 5.27. The van der Waals surface area contributed by atoms with E-state index >= 15 is 0 Å². The highest BCUT2D eigenvalue weighted by Gasteiger charge is 2.22. The Balaban J connectivity index is 2.17. The van der Waals surface area contributed by atoms with E-state index in [0.717, 1.165) is 17.8 Å². The molecular weight excluding hydrogens is 226 g/mol. The number of rotatable bonds is 9. The van der Waals surface area contributed by atoms with Crippen LogP contribution in [0.3, 0.4) is 0 Å². The van der Waals surface area contributed by atoms with Crippen molar-refractivity contribution in [3.05, 3.63) is 0 Å². The van der Waals surface area contributed by atoms with Gasteiger partial charge in [-0.05, 0) is 31.6 Å². The van der Waals surface area contributed by atoms with E-state index in [0.29, 0.717) is 0 Å². The van der Waals surface area contributed by atoms with Crippen molar-refractivity contribution in [3.8, 4) is 0 Å². The molecule has 1 aliphatic rings. The Morgan fingerprint density at radius 3 is 2.59 bits per heavy atom. The number of thioether (sulfide) groups is 1. The lowest BCUT2D eigenvalue weighted by Crippen LogP contribution is -2.39. The third-order valence-corrected chi connectivity index (χ3v) is 5.27. The van der Waals surface area contributed by atoms with Crippen LogP contribution in [0.25, 0.3) is 0 Å². The lowest BCUT2D eigenvalue weighted by atomic mass is 10.0. The first kappa shape index (κ1) is 15.4. The van der Waals surface area contributed by atoms with Gasteiger partial charge in [0, 0.05) is 11.3 Å². The van der Waals surface area contributed by atoms with Crippen LogP contribution < -0.4 is 5.32 Å². The van der Waals surface area contributed by atoms with Crippen molar-refractivity contribution >= 4 is 11.8 Å². The van der Waals surface area contributed by atoms with Crippen molar-refractivity contribution in [2.24, 2.45) is 0 Å². The van der Waals surface area contributed by atoms with E-state index in [1.807, 2.05) is 0 Å². The van der Waals surface area contributed by atoms with Crippen LogP contribution in [-0.2, 0) is 0 Å². The minimum atomic E-state index is 0.784. The largest absolute Gasteiger partial charge is 0.313 e. The van der Waals surface area contributed by atoms with E-state index < -0.39 is 0 Å². The van der Waals surface area contributed by atoms with Gasteiger partial charge in [-0.3, -0.25) is 0 Å². The average Bonchev–Trinajstić information content (AvgIpc) is 2.38. The van der Waals surface area contributed by atoms with Gasteiger partial charge in [-0.2, -0.15) is 11.8 Å². The Hall–Kier alpha value is 0.310. The van der Waals surface area contributed by atoms with Crippen molar-refractivity contribution in [3.63, 3.8) is 0 Å². The molecule has 2 atom stereocenters. The topological polar surface area (TPSA) is 12.0 Å². The fourth-order valence-corrected chi connectivity index (χ4v) is 4.20. The van der Waals surface area contributed by atoms with Crippen LogP contribution in [0, 0.1) is 0 Å². The minimum absolute atomic E-state index is 0.784. The van der Waals surface area contributed by atoms with E-state index in [2.05, 4.69) is 30.9 Å². The van der Waals surface area contributed by atoms with Crippen LogP contribution in [0.5, 0.6) is 0 Å². The van der Waals surface area contributed by atoms with E-state index in [1.54, 1.807) is 0 Å². The lowest BCUT2D eigenvalue weighted by molar-refractivity contribution is 0.429. The third kappa shape index (κ3) is 6.71. The summed E-state index contributed by atoms with van der Waals surface area (Å²) < 4.78 is 0. The highest BCUT2D eigenvalue weighted by molar-refractivity contribution is 8.00. The predicted molar refractivity (Wildman–Crippen MR) is 80.9 cm³/mol. The molecule has 102 valence electrons. The molecule has 2 heteroatoms. The minimum Gasteiger partial charge on any atom is -0.313 e. The zero-order chi connectivity index (χ0) is 12.3. The van der Waals surface area contributed by atoms with E-state index in [4.69, 9.17) is 0 Å². The highest BCUT2D eigenvalue weighted by atomic mass is 32.2. The summed E-state index contributed by atoms with van der Waals surface area (Å²) in [6, 6.07) is 0.784. The molecular formula is C15H31NS. The average molecular weight is 257 g/mol. The summed E-state index contributed by atoms with van der Waals surface area (Å²) in [4.78, 5) is 0. The van der Waals surface area contributed by atoms with Crippen LogP contribution >= 0.6 is 11.8 Å². The third-order valence-electron chi connectivity index (χ3n) is 3.75. The van der Waals surface area contributed by atoms with Gasteiger partial charge < -0.3 is 5.32 Å². The lowest BCUT2D eigenvalue weighted by Gasteiger charge is -2.30. The summed E-state index contributed by atoms with van der Waals surface area (Å²) in [5, 5.41) is 4.62. The molecule has 1 rings (SSSR count). The zero-order valence-electron chi connectivity index (χ0n) is 11.8. The fraction of sp³-hybridized carbons (Fsp3) is 1.00. The van der Waals surface area contributed by atoms with Crippen LogP contribution in [0.1, 0.15) is 71.6 Å². The van der Waals surface area contributed by atoms with Gasteiger partial charge >= 0.3 is 0 Å². The molecule has 0 aromatic heterocycles. The Bertz CT molecular complexity index is 166. The standard InChI is InChI=1S/C15H31NS/c1-3-5-6-7-8-11-14(16-4-2)15-12-9-10-13-17-15/h14-16H,3-13H2,1-2H3. The number of unbranched alkanes of at least 4 members (excludes halogenated alkanes) is 4. The van der Waals surface area contributed by atoms with Gasteiger partial charge in [0.05, 0.1) is 0 Å². The van der Waals surface area contributed by atoms with Crippen molar-refractivity contribution < 1.29 is 0 Å². The second kappa shape index (κ2) is 10.3. The van der Waals surface area contributed by atoms with Gasteiger partial charge in [-0.25, -0.2) is 0 Å². The molecule has 0 aromatic carbocycles. The molecule has 0 saturated carbocycles. The Kier molecular flexibility index (Phi) is 9.27. The SMILES string of the molecule is CCCCCCCC(NCC)C1CCCCS1. The summed E-state index contributed by atoms with van der Waals surface area (Å²) in [6.45, 7) is 5.67. The van der Waals surface area contributed by atoms with Gasteiger partial charge in [-0.15, -0.1) is 0 Å². The highest BCUT2D eigenvalue weighted by Crippen LogP contribution is 2.29. The Labute approximate surface area is 113 Å². The molecule has 0 radical (unpaired) electrons. The number of hydrogen-bond acceptors (Lipinski definition) is 2. The first-order valence-electron chi connectivity index (χ1n) is 7.73. The predicted octanol–water partition coefficient (Wildman–Crippen LogP) is 4.61. The maximum atomic E-state index is 3.72. The zero-order valence-corrected chi connectivity index (χ0v) is 12.7. The molecule has 0 amide bonds. The first-order valence-corrected chi connectivity index (χ1v) is 8.78. The van der Waals surface area contributed by atoms with Gasteiger partial charge in [0.1, 0.15) is 0 Å². The molecule has 0 aliphatic carbocycles. The molecule has 1 fully saturated rings. The number of nitrogens with one attached hydrogen (secondary N) is 1. The molecule has 17 heavy (non-hydrogen) atoms. The second-order valence-corrected chi connectivity index (χ2v) is 6.62. The van der Waals surface area contributed by atoms with Gasteiger partial charge in [0.2, 0.25) is 0 Å². The molecule has 1 nitrogen and oxygen atoms in total. The number of hydrogen-bond donors (Lipinski definition) is 1. The Morgan fingerprint density at radius 1 is 1.12 bits per heavy atom. The molecule has 1 saturated heterocycles. The van der Waals surface area contributed by atoms with Crippen LogP contribution in [-0.4, -0.2) is 23.6 Å². The molecule has 0 bridgehead atoms. The smallest absolute Gasteiger partial charge is 0.0201 e. The van der Waals surface area contributed by atoms with E-state index in [-0.39, 0.29) is 0 Å². The fourth-order valence-electron chi connectivity index (χ4n) is 2.73. The van der Waals surface area contributed by atoms with Gasteiger partial charge in [0.25, 0.3) is 0 Å². The summed E-state index contributed by atoms with van der Waals surface area (Å²) in [5.74, 6) is 1.39. The summed E-state index contributed by atoms with van der Waals surface area (Å²) in [7, 11) is 0. The quantitative estimate of drug-likeness (QED) is 0.605. The van der Waals surface area contributed by atoms with E-state index in [1.165, 1.54) is 63.5 Å². The van der Waals surface area contributed by atoms with Crippen LogP contribution in [0.2, 0.25) is 0 Å². The normalized spacial score (nSPS) is 22.6. The van der Waals surface area contributed by atoms with Crippen molar-refractivity contribution in [2.75, 3.05) is 12.3 Å². The molecule has 1 heterocycles.